The number of nitrogens with one attached hydrogen (secondary N) is 1. The lowest BCUT2D eigenvalue weighted by atomic mass is 10.2. The zero-order chi connectivity index (χ0) is 22.6. The Balaban J connectivity index is 1.70. The van der Waals surface area contributed by atoms with Crippen LogP contribution in [-0.2, 0) is 26.6 Å². The van der Waals surface area contributed by atoms with Gasteiger partial charge in [0.1, 0.15) is 0 Å². The molecule has 0 fully saturated rings. The second-order valence-electron chi connectivity index (χ2n) is 6.79. The van der Waals surface area contributed by atoms with Gasteiger partial charge in [0, 0.05) is 24.8 Å². The first-order chi connectivity index (χ1) is 14.6. The van der Waals surface area contributed by atoms with Gasteiger partial charge in [-0.1, -0.05) is 30.3 Å². The summed E-state index contributed by atoms with van der Waals surface area (Å²) < 4.78 is 49.4. The van der Waals surface area contributed by atoms with Crippen LogP contribution in [0.25, 0.3) is 0 Å². The molecule has 0 aliphatic heterocycles. The van der Waals surface area contributed by atoms with Crippen molar-refractivity contribution >= 4 is 31.6 Å². The molecule has 8 nitrogen and oxygen atoms in total. The highest BCUT2D eigenvalue weighted by Gasteiger charge is 2.21. The predicted octanol–water partition coefficient (Wildman–Crippen LogP) is 2.41. The largest absolute Gasteiger partial charge is 0.322 e. The van der Waals surface area contributed by atoms with E-state index in [1.54, 1.807) is 0 Å². The summed E-state index contributed by atoms with van der Waals surface area (Å²) in [5.74, 6) is -0.468. The van der Waals surface area contributed by atoms with Crippen LogP contribution in [0.4, 0.5) is 5.69 Å². The van der Waals surface area contributed by atoms with Crippen molar-refractivity contribution in [2.24, 2.45) is 5.14 Å². The molecule has 0 bridgehead atoms. The van der Waals surface area contributed by atoms with E-state index in [1.807, 2.05) is 30.3 Å². The molecule has 0 spiro atoms. The molecule has 0 unspecified atom stereocenters. The molecule has 1 amide bonds. The average Bonchev–Trinajstić information content (AvgIpc) is 2.74. The number of carbonyl (C=O) groups is 1. The van der Waals surface area contributed by atoms with E-state index in [2.05, 4.69) is 5.32 Å². The van der Waals surface area contributed by atoms with E-state index in [1.165, 1.54) is 59.9 Å². The van der Waals surface area contributed by atoms with Crippen LogP contribution in [0.3, 0.4) is 0 Å². The molecular formula is C21H21N3O5S2. The molecule has 10 heteroatoms. The molecule has 31 heavy (non-hydrogen) atoms. The van der Waals surface area contributed by atoms with Crippen LogP contribution in [0.5, 0.6) is 0 Å². The number of sulfonamides is 2. The maximum Gasteiger partial charge on any atom is 0.255 e. The fraction of sp³-hybridized carbons (Fsp3) is 0.0952. The third-order valence-electron chi connectivity index (χ3n) is 4.51. The van der Waals surface area contributed by atoms with Gasteiger partial charge in [-0.15, -0.1) is 0 Å². The molecule has 0 heterocycles. The Morgan fingerprint density at radius 2 is 1.39 bits per heavy atom. The van der Waals surface area contributed by atoms with Gasteiger partial charge in [-0.2, -0.15) is 4.31 Å². The Kier molecular flexibility index (Phi) is 6.56. The predicted molar refractivity (Wildman–Crippen MR) is 117 cm³/mol. The number of nitrogens with two attached hydrogens (primary N) is 1. The molecule has 0 radical (unpaired) electrons. The summed E-state index contributed by atoms with van der Waals surface area (Å²) in [5.41, 5.74) is 1.48. The lowest BCUT2D eigenvalue weighted by Gasteiger charge is -2.17. The molecule has 0 saturated carbocycles. The monoisotopic (exact) mass is 459 g/mol. The Hall–Kier alpha value is -3.05. The molecule has 3 aromatic rings. The first-order valence-electron chi connectivity index (χ1n) is 9.12. The van der Waals surface area contributed by atoms with E-state index in [9.17, 15) is 21.6 Å². The summed E-state index contributed by atoms with van der Waals surface area (Å²) in [5, 5.41) is 7.66. The number of benzene rings is 3. The first-order valence-corrected chi connectivity index (χ1v) is 12.1. The molecule has 0 aliphatic rings. The third-order valence-corrected chi connectivity index (χ3v) is 7.26. The van der Waals surface area contributed by atoms with E-state index in [4.69, 9.17) is 5.14 Å². The van der Waals surface area contributed by atoms with Gasteiger partial charge in [-0.3, -0.25) is 4.79 Å². The van der Waals surface area contributed by atoms with Gasteiger partial charge < -0.3 is 5.32 Å². The molecule has 3 aromatic carbocycles. The van der Waals surface area contributed by atoms with Crippen molar-refractivity contribution in [2.45, 2.75) is 16.3 Å². The van der Waals surface area contributed by atoms with Crippen molar-refractivity contribution in [3.05, 3.63) is 90.0 Å². The summed E-state index contributed by atoms with van der Waals surface area (Å²) in [6, 6.07) is 20.2. The van der Waals surface area contributed by atoms with Crippen LogP contribution in [0.2, 0.25) is 0 Å². The Labute approximate surface area is 181 Å². The van der Waals surface area contributed by atoms with Gasteiger partial charge in [0.25, 0.3) is 5.91 Å². The number of rotatable bonds is 7. The maximum absolute atomic E-state index is 12.8. The van der Waals surface area contributed by atoms with Crippen LogP contribution in [0, 0.1) is 0 Å². The lowest BCUT2D eigenvalue weighted by Crippen LogP contribution is -2.26. The summed E-state index contributed by atoms with van der Waals surface area (Å²) in [4.78, 5) is 12.4. The topological polar surface area (TPSA) is 127 Å². The summed E-state index contributed by atoms with van der Waals surface area (Å²) in [7, 11) is -6.05. The van der Waals surface area contributed by atoms with Crippen molar-refractivity contribution in [1.82, 2.24) is 4.31 Å². The van der Waals surface area contributed by atoms with Crippen LogP contribution in [0.1, 0.15) is 15.9 Å². The SMILES string of the molecule is CN(Cc1ccccc1)S(=O)(=O)c1ccc(C(=O)Nc2ccc(S(N)(=O)=O)cc2)cc1. The molecule has 0 aliphatic carbocycles. The molecule has 162 valence electrons. The number of anilines is 1. The molecule has 0 aromatic heterocycles. The number of primary sulfonamides is 1. The van der Waals surface area contributed by atoms with Gasteiger partial charge in [0.15, 0.2) is 0 Å². The second-order valence-corrected chi connectivity index (χ2v) is 10.4. The number of carbonyl (C=O) groups excluding carboxylic acids is 1. The van der Waals surface area contributed by atoms with Gasteiger partial charge in [0.05, 0.1) is 9.79 Å². The van der Waals surface area contributed by atoms with Gasteiger partial charge >= 0.3 is 0 Å². The number of amides is 1. The van der Waals surface area contributed by atoms with Gasteiger partial charge in [-0.25, -0.2) is 22.0 Å². The third kappa shape index (κ3) is 5.56. The number of hydrogen-bond acceptors (Lipinski definition) is 5. The average molecular weight is 460 g/mol. The molecule has 3 rings (SSSR count). The Morgan fingerprint density at radius 1 is 0.839 bits per heavy atom. The number of nitrogens with zero attached hydrogens (tertiary/aromatic N) is 1. The molecule has 3 N–H and O–H groups in total. The zero-order valence-corrected chi connectivity index (χ0v) is 18.2. The van der Waals surface area contributed by atoms with Crippen LogP contribution in [-0.4, -0.2) is 34.1 Å². The van der Waals surface area contributed by atoms with E-state index in [0.29, 0.717) is 5.69 Å². The van der Waals surface area contributed by atoms with Crippen LogP contribution < -0.4 is 10.5 Å². The smallest absolute Gasteiger partial charge is 0.255 e. The molecule has 0 saturated heterocycles. The fourth-order valence-corrected chi connectivity index (χ4v) is 4.49. The standard InChI is InChI=1S/C21H21N3O5S2/c1-24(15-16-5-3-2-4-6-16)31(28,29)20-11-7-17(8-12-20)21(25)23-18-9-13-19(14-10-18)30(22,26)27/h2-14H,15H2,1H3,(H,23,25)(H2,22,26,27). The minimum atomic E-state index is -3.82. The van der Waals surface area contributed by atoms with E-state index in [-0.39, 0.29) is 21.9 Å². The summed E-state index contributed by atoms with van der Waals surface area (Å²) in [6.07, 6.45) is 0. The van der Waals surface area contributed by atoms with E-state index in [0.717, 1.165) is 5.56 Å². The van der Waals surface area contributed by atoms with Gasteiger partial charge in [0.2, 0.25) is 20.0 Å². The van der Waals surface area contributed by atoms with Gasteiger partial charge in [-0.05, 0) is 54.1 Å². The van der Waals surface area contributed by atoms with Crippen molar-refractivity contribution < 1.29 is 21.6 Å². The highest BCUT2D eigenvalue weighted by Crippen LogP contribution is 2.19. The summed E-state index contributed by atoms with van der Waals surface area (Å²) >= 11 is 0. The van der Waals surface area contributed by atoms with Crippen molar-refractivity contribution in [2.75, 3.05) is 12.4 Å². The molecular weight excluding hydrogens is 438 g/mol. The first kappa shape index (κ1) is 22.6. The number of hydrogen-bond donors (Lipinski definition) is 2. The maximum atomic E-state index is 12.8. The zero-order valence-electron chi connectivity index (χ0n) is 16.6. The lowest BCUT2D eigenvalue weighted by molar-refractivity contribution is 0.102. The fourth-order valence-electron chi connectivity index (χ4n) is 2.81. The van der Waals surface area contributed by atoms with Crippen LogP contribution in [0.15, 0.2) is 88.7 Å². The minimum Gasteiger partial charge on any atom is -0.322 e. The Morgan fingerprint density at radius 3 is 1.94 bits per heavy atom. The van der Waals surface area contributed by atoms with E-state index < -0.39 is 26.0 Å². The second kappa shape index (κ2) is 8.98. The highest BCUT2D eigenvalue weighted by atomic mass is 32.2. The van der Waals surface area contributed by atoms with E-state index >= 15 is 0 Å². The minimum absolute atomic E-state index is 0.0694. The van der Waals surface area contributed by atoms with Crippen molar-refractivity contribution in [3.8, 4) is 0 Å². The highest BCUT2D eigenvalue weighted by molar-refractivity contribution is 7.89. The normalized spacial score (nSPS) is 12.0. The van der Waals surface area contributed by atoms with Crippen molar-refractivity contribution in [1.29, 1.82) is 0 Å². The summed E-state index contributed by atoms with van der Waals surface area (Å²) in [6.45, 7) is 0.222. The Bertz CT molecular complexity index is 1270. The van der Waals surface area contributed by atoms with Crippen molar-refractivity contribution in [3.63, 3.8) is 0 Å². The quantitative estimate of drug-likeness (QED) is 0.561. The van der Waals surface area contributed by atoms with Crippen LogP contribution >= 0.6 is 0 Å². The molecule has 0 atom stereocenters.